The van der Waals surface area contributed by atoms with Gasteiger partial charge in [0.25, 0.3) is 0 Å². The van der Waals surface area contributed by atoms with Crippen LogP contribution in [0.3, 0.4) is 0 Å². The minimum absolute atomic E-state index is 0.474. The fourth-order valence-corrected chi connectivity index (χ4v) is 0.599. The Hall–Kier alpha value is -0.570. The first-order valence-electron chi connectivity index (χ1n) is 3.50. The van der Waals surface area contributed by atoms with Gasteiger partial charge in [0.05, 0.1) is 6.61 Å². The zero-order valence-electron chi connectivity index (χ0n) is 6.89. The van der Waals surface area contributed by atoms with Gasteiger partial charge in [-0.15, -0.1) is 0 Å². The fourth-order valence-electron chi connectivity index (χ4n) is 0.599. The second-order valence-electron chi connectivity index (χ2n) is 1.73. The van der Waals surface area contributed by atoms with E-state index in [9.17, 15) is 0 Å². The molecule has 0 aromatic carbocycles. The van der Waals surface area contributed by atoms with Gasteiger partial charge in [-0.05, 0) is 13.8 Å². The Morgan fingerprint density at radius 3 is 2.50 bits per heavy atom. The summed E-state index contributed by atoms with van der Waals surface area (Å²) in [6, 6.07) is 0. The molecule has 0 bridgehead atoms. The number of hydrogen-bond acceptors (Lipinski definition) is 3. The largest absolute Gasteiger partial charge is 0.480 e. The molecule has 0 radical (unpaired) electrons. The maximum absolute atomic E-state index is 5.15. The third-order valence-corrected chi connectivity index (χ3v) is 0.913. The number of hydrogen-bond donors (Lipinski definition) is 0. The topological polar surface area (TPSA) is 30.8 Å². The van der Waals surface area contributed by atoms with E-state index in [0.29, 0.717) is 19.1 Å². The van der Waals surface area contributed by atoms with E-state index in [1.165, 1.54) is 0 Å². The molecule has 0 aliphatic heterocycles. The van der Waals surface area contributed by atoms with Crippen molar-refractivity contribution in [2.45, 2.75) is 13.8 Å². The first-order valence-corrected chi connectivity index (χ1v) is 3.50. The summed E-state index contributed by atoms with van der Waals surface area (Å²) < 4.78 is 10.0. The predicted octanol–water partition coefficient (Wildman–Crippen LogP) is 1.09. The van der Waals surface area contributed by atoms with Crippen LogP contribution in [0.15, 0.2) is 4.99 Å². The van der Waals surface area contributed by atoms with E-state index in [1.54, 1.807) is 7.11 Å². The van der Waals surface area contributed by atoms with E-state index in [0.717, 1.165) is 6.54 Å². The van der Waals surface area contributed by atoms with Crippen molar-refractivity contribution in [2.24, 2.45) is 4.99 Å². The summed E-state index contributed by atoms with van der Waals surface area (Å²) in [6.07, 6.45) is 0. The smallest absolute Gasteiger partial charge is 0.210 e. The Kier molecular flexibility index (Phi) is 6.18. The summed E-state index contributed by atoms with van der Waals surface area (Å²) in [5.41, 5.74) is 0. The molecule has 0 atom stereocenters. The van der Waals surface area contributed by atoms with Crippen LogP contribution in [0.4, 0.5) is 0 Å². The number of ether oxygens (including phenoxy) is 2. The zero-order chi connectivity index (χ0) is 7.82. The summed E-state index contributed by atoms with van der Waals surface area (Å²) >= 11 is 0. The van der Waals surface area contributed by atoms with Crippen molar-refractivity contribution in [3.63, 3.8) is 0 Å². The van der Waals surface area contributed by atoms with Gasteiger partial charge in [-0.1, -0.05) is 0 Å². The highest BCUT2D eigenvalue weighted by Crippen LogP contribution is 1.84. The summed E-state index contributed by atoms with van der Waals surface area (Å²) in [5.74, 6) is 0.688. The van der Waals surface area contributed by atoms with Crippen LogP contribution in [0.25, 0.3) is 0 Å². The van der Waals surface area contributed by atoms with Crippen molar-refractivity contribution in [2.75, 3.05) is 26.9 Å². The Morgan fingerprint density at radius 2 is 2.10 bits per heavy atom. The molecule has 3 heteroatoms. The Bertz CT molecular complexity index is 93.8. The zero-order valence-corrected chi connectivity index (χ0v) is 6.89. The fraction of sp³-hybridized carbons (Fsp3) is 0.857. The molecule has 0 saturated heterocycles. The number of nitrogens with zero attached hydrogens (tertiary/aromatic N) is 1. The van der Waals surface area contributed by atoms with Crippen molar-refractivity contribution < 1.29 is 9.47 Å². The monoisotopic (exact) mass is 145 g/mol. The van der Waals surface area contributed by atoms with E-state index >= 15 is 0 Å². The lowest BCUT2D eigenvalue weighted by Crippen LogP contribution is -2.11. The maximum atomic E-state index is 5.15. The Balaban J connectivity index is 3.60. The third-order valence-electron chi connectivity index (χ3n) is 0.913. The highest BCUT2D eigenvalue weighted by atomic mass is 16.5. The van der Waals surface area contributed by atoms with Gasteiger partial charge in [-0.3, -0.25) is 4.99 Å². The van der Waals surface area contributed by atoms with E-state index in [2.05, 4.69) is 4.99 Å². The molecule has 0 aromatic heterocycles. The van der Waals surface area contributed by atoms with E-state index < -0.39 is 0 Å². The molecule has 0 heterocycles. The lowest BCUT2D eigenvalue weighted by atomic mass is 10.6. The summed E-state index contributed by atoms with van der Waals surface area (Å²) in [6.45, 7) is 5.78. The molecule has 0 N–H and O–H groups in total. The second kappa shape index (κ2) is 6.55. The molecular weight excluding hydrogens is 130 g/mol. The molecule has 0 amide bonds. The maximum Gasteiger partial charge on any atom is 0.210 e. The molecule has 10 heavy (non-hydrogen) atoms. The SMILES string of the molecule is CC/N=C(\COC)OCC. The van der Waals surface area contributed by atoms with Crippen molar-refractivity contribution in [1.29, 1.82) is 0 Å². The van der Waals surface area contributed by atoms with E-state index in [4.69, 9.17) is 9.47 Å². The standard InChI is InChI=1S/C7H15NO2/c1-4-8-7(6-9-3)10-5-2/h4-6H2,1-3H3/b8-7+. The third kappa shape index (κ3) is 4.32. The summed E-state index contributed by atoms with van der Waals surface area (Å²) in [4.78, 5) is 4.07. The molecule has 0 rings (SSSR count). The van der Waals surface area contributed by atoms with Crippen molar-refractivity contribution in [1.82, 2.24) is 0 Å². The van der Waals surface area contributed by atoms with Crippen LogP contribution in [0, 0.1) is 0 Å². The quantitative estimate of drug-likeness (QED) is 0.438. The van der Waals surface area contributed by atoms with Gasteiger partial charge >= 0.3 is 0 Å². The molecular formula is C7H15NO2. The molecule has 0 spiro atoms. The normalized spacial score (nSPS) is 11.7. The highest BCUT2D eigenvalue weighted by Gasteiger charge is 1.94. The second-order valence-corrected chi connectivity index (χ2v) is 1.73. The van der Waals surface area contributed by atoms with Crippen LogP contribution >= 0.6 is 0 Å². The van der Waals surface area contributed by atoms with Crippen molar-refractivity contribution in [3.8, 4) is 0 Å². The average molecular weight is 145 g/mol. The lowest BCUT2D eigenvalue weighted by molar-refractivity contribution is 0.207. The van der Waals surface area contributed by atoms with Crippen LogP contribution in [-0.4, -0.2) is 32.8 Å². The minimum Gasteiger partial charge on any atom is -0.480 e. The molecule has 0 aliphatic rings. The summed E-state index contributed by atoms with van der Waals surface area (Å²) in [5, 5.41) is 0. The number of methoxy groups -OCH3 is 1. The van der Waals surface area contributed by atoms with Gasteiger partial charge in [0.15, 0.2) is 0 Å². The number of rotatable bonds is 4. The van der Waals surface area contributed by atoms with E-state index in [-0.39, 0.29) is 0 Å². The molecule has 0 unspecified atom stereocenters. The minimum atomic E-state index is 0.474. The van der Waals surface area contributed by atoms with Crippen LogP contribution in [-0.2, 0) is 9.47 Å². The van der Waals surface area contributed by atoms with Gasteiger partial charge in [0, 0.05) is 13.7 Å². The summed E-state index contributed by atoms with van der Waals surface area (Å²) in [7, 11) is 1.63. The van der Waals surface area contributed by atoms with Crippen LogP contribution in [0.2, 0.25) is 0 Å². The first kappa shape index (κ1) is 9.43. The van der Waals surface area contributed by atoms with Gasteiger partial charge in [0.2, 0.25) is 5.90 Å². The Morgan fingerprint density at radius 1 is 1.40 bits per heavy atom. The van der Waals surface area contributed by atoms with Crippen molar-refractivity contribution >= 4 is 5.90 Å². The van der Waals surface area contributed by atoms with Gasteiger partial charge in [0.1, 0.15) is 6.61 Å². The van der Waals surface area contributed by atoms with Gasteiger partial charge in [-0.2, -0.15) is 0 Å². The lowest BCUT2D eigenvalue weighted by Gasteiger charge is -2.04. The van der Waals surface area contributed by atoms with Gasteiger partial charge in [-0.25, -0.2) is 0 Å². The molecule has 3 nitrogen and oxygen atoms in total. The predicted molar refractivity (Wildman–Crippen MR) is 41.5 cm³/mol. The number of aliphatic imine (C=N–C) groups is 1. The van der Waals surface area contributed by atoms with Gasteiger partial charge < -0.3 is 9.47 Å². The molecule has 0 aromatic rings. The van der Waals surface area contributed by atoms with E-state index in [1.807, 2.05) is 13.8 Å². The first-order chi connectivity index (χ1) is 4.85. The highest BCUT2D eigenvalue weighted by molar-refractivity contribution is 5.77. The molecule has 60 valence electrons. The Labute approximate surface area is 62.1 Å². The molecule has 0 fully saturated rings. The molecule has 0 aliphatic carbocycles. The van der Waals surface area contributed by atoms with Crippen LogP contribution in [0.1, 0.15) is 13.8 Å². The van der Waals surface area contributed by atoms with Crippen molar-refractivity contribution in [3.05, 3.63) is 0 Å². The van der Waals surface area contributed by atoms with Crippen LogP contribution < -0.4 is 0 Å². The van der Waals surface area contributed by atoms with Crippen LogP contribution in [0.5, 0.6) is 0 Å². The average Bonchev–Trinajstić information content (AvgIpc) is 1.90. The molecule has 0 saturated carbocycles.